The van der Waals surface area contributed by atoms with Gasteiger partial charge in [-0.1, -0.05) is 41.9 Å². The van der Waals surface area contributed by atoms with E-state index in [1.165, 1.54) is 33.1 Å². The van der Waals surface area contributed by atoms with Gasteiger partial charge >= 0.3 is 5.97 Å². The molecule has 0 radical (unpaired) electrons. The average molecular weight is 637 g/mol. The van der Waals surface area contributed by atoms with Gasteiger partial charge < -0.3 is 35.1 Å². The predicted molar refractivity (Wildman–Crippen MR) is 152 cm³/mol. The SMILES string of the molecule is COc1cc(NC(C)=O)c(Cl)cc1C(=O)N[C@@H](C)C(=O)N1CC(F)(F)C[C@H]1C(=O)N[C@H]1CC(=O)O[C@H]1OCc1ccccc1. The normalized spacial score (nSPS) is 21.3. The summed E-state index contributed by atoms with van der Waals surface area (Å²) in [5.74, 6) is -7.09. The van der Waals surface area contributed by atoms with E-state index in [1.807, 2.05) is 6.07 Å². The number of halogens is 3. The number of amides is 4. The number of hydrogen-bond acceptors (Lipinski definition) is 8. The first-order valence-corrected chi connectivity index (χ1v) is 14.0. The highest BCUT2D eigenvalue weighted by Gasteiger charge is 2.51. The number of nitrogens with zero attached hydrogens (tertiary/aromatic N) is 1. The molecule has 0 aromatic heterocycles. The van der Waals surface area contributed by atoms with E-state index in [1.54, 1.807) is 24.3 Å². The summed E-state index contributed by atoms with van der Waals surface area (Å²) in [5.41, 5.74) is 0.888. The Kier molecular flexibility index (Phi) is 10.0. The number of benzene rings is 2. The van der Waals surface area contributed by atoms with Crippen LogP contribution in [0.5, 0.6) is 5.75 Å². The van der Waals surface area contributed by atoms with E-state index in [9.17, 15) is 32.8 Å². The molecule has 12 nitrogen and oxygen atoms in total. The van der Waals surface area contributed by atoms with E-state index in [0.717, 1.165) is 5.56 Å². The first kappa shape index (κ1) is 32.6. The minimum absolute atomic E-state index is 0.0153. The van der Waals surface area contributed by atoms with Crippen LogP contribution in [-0.2, 0) is 35.3 Å². The lowest BCUT2D eigenvalue weighted by atomic mass is 10.1. The fourth-order valence-electron chi connectivity index (χ4n) is 4.89. The summed E-state index contributed by atoms with van der Waals surface area (Å²) >= 11 is 6.18. The summed E-state index contributed by atoms with van der Waals surface area (Å²) in [6.07, 6.45) is -2.37. The van der Waals surface area contributed by atoms with E-state index in [2.05, 4.69) is 16.0 Å². The first-order chi connectivity index (χ1) is 20.8. The van der Waals surface area contributed by atoms with Crippen LogP contribution in [-0.4, -0.2) is 78.5 Å². The van der Waals surface area contributed by atoms with Gasteiger partial charge in [-0.25, -0.2) is 8.78 Å². The zero-order valence-corrected chi connectivity index (χ0v) is 24.8. The Balaban J connectivity index is 1.44. The minimum atomic E-state index is -3.39. The number of alkyl halides is 2. The Morgan fingerprint density at radius 3 is 2.55 bits per heavy atom. The van der Waals surface area contributed by atoms with Crippen LogP contribution < -0.4 is 20.7 Å². The summed E-state index contributed by atoms with van der Waals surface area (Å²) < 4.78 is 45.2. The van der Waals surface area contributed by atoms with Gasteiger partial charge in [0.15, 0.2) is 0 Å². The first-order valence-electron chi connectivity index (χ1n) is 13.6. The van der Waals surface area contributed by atoms with Crippen molar-refractivity contribution in [3.63, 3.8) is 0 Å². The lowest BCUT2D eigenvalue weighted by Gasteiger charge is -2.28. The molecule has 2 aromatic rings. The lowest BCUT2D eigenvalue weighted by molar-refractivity contribution is -0.168. The Morgan fingerprint density at radius 1 is 1.18 bits per heavy atom. The standard InChI is InChI=1S/C29H31ClF2N4O8/c1-15(33-25(39)18-9-19(30)20(34-16(2)37)10-23(18)42-3)27(41)36-14-29(31,32)12-22(36)26(40)35-21-11-24(38)44-28(21)43-13-17-7-5-4-6-8-17/h4-10,15,21-22,28H,11-14H2,1-3H3,(H,33,39)(H,34,37)(H,35,40)/t15-,21-,22-,28+/m0/s1. The third kappa shape index (κ3) is 7.80. The van der Waals surface area contributed by atoms with Crippen LogP contribution in [0, 0.1) is 0 Å². The van der Waals surface area contributed by atoms with E-state index in [-0.39, 0.29) is 35.1 Å². The second-order valence-corrected chi connectivity index (χ2v) is 10.8. The summed E-state index contributed by atoms with van der Waals surface area (Å²) in [4.78, 5) is 63.7. The Labute approximate surface area is 256 Å². The fourth-order valence-corrected chi connectivity index (χ4v) is 5.10. The molecule has 4 rings (SSSR count). The predicted octanol–water partition coefficient (Wildman–Crippen LogP) is 2.64. The molecule has 15 heteroatoms. The topological polar surface area (TPSA) is 152 Å². The van der Waals surface area contributed by atoms with Crippen molar-refractivity contribution in [2.75, 3.05) is 19.0 Å². The highest BCUT2D eigenvalue weighted by atomic mass is 35.5. The van der Waals surface area contributed by atoms with Crippen molar-refractivity contribution in [3.05, 3.63) is 58.6 Å². The number of anilines is 1. The maximum atomic E-state index is 14.6. The highest BCUT2D eigenvalue weighted by molar-refractivity contribution is 6.34. The van der Waals surface area contributed by atoms with Gasteiger partial charge in [0.1, 0.15) is 23.9 Å². The van der Waals surface area contributed by atoms with Gasteiger partial charge in [-0.15, -0.1) is 0 Å². The van der Waals surface area contributed by atoms with E-state index >= 15 is 0 Å². The molecule has 0 spiro atoms. The van der Waals surface area contributed by atoms with Crippen molar-refractivity contribution in [2.24, 2.45) is 0 Å². The molecule has 2 aliphatic rings. The highest BCUT2D eigenvalue weighted by Crippen LogP contribution is 2.34. The maximum Gasteiger partial charge on any atom is 0.310 e. The van der Waals surface area contributed by atoms with Crippen molar-refractivity contribution >= 4 is 46.9 Å². The lowest BCUT2D eigenvalue weighted by Crippen LogP contribution is -2.54. The van der Waals surface area contributed by atoms with E-state index in [0.29, 0.717) is 4.90 Å². The number of ether oxygens (including phenoxy) is 3. The summed E-state index contributed by atoms with van der Waals surface area (Å²) in [6.45, 7) is 1.56. The summed E-state index contributed by atoms with van der Waals surface area (Å²) in [7, 11) is 1.28. The van der Waals surface area contributed by atoms with Crippen LogP contribution in [0.2, 0.25) is 5.02 Å². The molecule has 0 unspecified atom stereocenters. The molecule has 0 saturated carbocycles. The zero-order chi connectivity index (χ0) is 32.2. The number of rotatable bonds is 10. The third-order valence-electron chi connectivity index (χ3n) is 6.97. The molecule has 2 aromatic carbocycles. The van der Waals surface area contributed by atoms with Crippen LogP contribution in [0.15, 0.2) is 42.5 Å². The molecular weight excluding hydrogens is 606 g/mol. The minimum Gasteiger partial charge on any atom is -0.496 e. The van der Waals surface area contributed by atoms with Crippen molar-refractivity contribution in [1.82, 2.24) is 15.5 Å². The quantitative estimate of drug-likeness (QED) is 0.337. The molecule has 0 aliphatic carbocycles. The molecule has 2 fully saturated rings. The molecule has 2 heterocycles. The number of carbonyl (C=O) groups is 5. The molecule has 4 atom stereocenters. The van der Waals surface area contributed by atoms with Crippen molar-refractivity contribution < 1.29 is 47.0 Å². The monoisotopic (exact) mass is 636 g/mol. The van der Waals surface area contributed by atoms with Crippen LogP contribution in [0.3, 0.4) is 0 Å². The smallest absolute Gasteiger partial charge is 0.310 e. The number of cyclic esters (lactones) is 1. The van der Waals surface area contributed by atoms with Crippen LogP contribution >= 0.6 is 11.6 Å². The summed E-state index contributed by atoms with van der Waals surface area (Å²) in [6, 6.07) is 7.62. The van der Waals surface area contributed by atoms with Gasteiger partial charge in [0.2, 0.25) is 24.0 Å². The van der Waals surface area contributed by atoms with Gasteiger partial charge in [-0.05, 0) is 18.6 Å². The van der Waals surface area contributed by atoms with Gasteiger partial charge in [-0.3, -0.25) is 24.0 Å². The number of methoxy groups -OCH3 is 1. The second kappa shape index (κ2) is 13.6. The van der Waals surface area contributed by atoms with Gasteiger partial charge in [-0.2, -0.15) is 0 Å². The van der Waals surface area contributed by atoms with Gasteiger partial charge in [0, 0.05) is 19.4 Å². The number of esters is 1. The Bertz CT molecular complexity index is 1440. The number of likely N-dealkylation sites (tertiary alicyclic amines) is 1. The second-order valence-electron chi connectivity index (χ2n) is 10.4. The van der Waals surface area contributed by atoms with E-state index in [4.69, 9.17) is 25.8 Å². The van der Waals surface area contributed by atoms with Crippen molar-refractivity contribution in [3.8, 4) is 5.75 Å². The molecule has 4 amide bonds. The fraction of sp³-hybridized carbons (Fsp3) is 0.414. The molecule has 3 N–H and O–H groups in total. The molecular formula is C29H31ClF2N4O8. The van der Waals surface area contributed by atoms with Gasteiger partial charge in [0.25, 0.3) is 11.8 Å². The van der Waals surface area contributed by atoms with Crippen LogP contribution in [0.1, 0.15) is 42.6 Å². The molecule has 2 saturated heterocycles. The van der Waals surface area contributed by atoms with Crippen molar-refractivity contribution in [1.29, 1.82) is 0 Å². The van der Waals surface area contributed by atoms with Gasteiger partial charge in [0.05, 0.1) is 43.0 Å². The summed E-state index contributed by atoms with van der Waals surface area (Å²) in [5, 5.41) is 7.45. The van der Waals surface area contributed by atoms with Crippen LogP contribution in [0.25, 0.3) is 0 Å². The average Bonchev–Trinajstić information content (AvgIpc) is 3.49. The number of hydrogen-bond donors (Lipinski definition) is 3. The van der Waals surface area contributed by atoms with Crippen molar-refractivity contribution in [2.45, 2.75) is 63.6 Å². The molecule has 0 bridgehead atoms. The largest absolute Gasteiger partial charge is 0.496 e. The number of nitrogens with one attached hydrogen (secondary N) is 3. The Morgan fingerprint density at radius 2 is 1.89 bits per heavy atom. The molecule has 44 heavy (non-hydrogen) atoms. The molecule has 2 aliphatic heterocycles. The Hall–Kier alpha value is -4.30. The van der Waals surface area contributed by atoms with Crippen LogP contribution in [0.4, 0.5) is 14.5 Å². The molecule has 236 valence electrons. The third-order valence-corrected chi connectivity index (χ3v) is 7.28. The number of carbonyl (C=O) groups excluding carboxylic acids is 5. The maximum absolute atomic E-state index is 14.6. The van der Waals surface area contributed by atoms with E-state index < -0.39 is 72.9 Å². The zero-order valence-electron chi connectivity index (χ0n) is 24.0.